The summed E-state index contributed by atoms with van der Waals surface area (Å²) in [6.07, 6.45) is 1.63. The predicted molar refractivity (Wildman–Crippen MR) is 113 cm³/mol. The summed E-state index contributed by atoms with van der Waals surface area (Å²) in [4.78, 5) is 15.5. The summed E-state index contributed by atoms with van der Waals surface area (Å²) >= 11 is 0. The molecule has 0 spiro atoms. The number of halogens is 1. The Labute approximate surface area is 176 Å². The first-order valence-corrected chi connectivity index (χ1v) is 9.22. The van der Waals surface area contributed by atoms with E-state index in [9.17, 15) is 9.18 Å². The number of methoxy groups -OCH3 is 1. The zero-order valence-electron chi connectivity index (χ0n) is 16.7. The fourth-order valence-corrected chi connectivity index (χ4v) is 3.11. The topological polar surface area (TPSA) is 121 Å². The van der Waals surface area contributed by atoms with Crippen molar-refractivity contribution in [3.05, 3.63) is 60.5 Å². The maximum absolute atomic E-state index is 13.9. The molecule has 0 radical (unpaired) electrons. The average Bonchev–Trinajstić information content (AvgIpc) is 3.24. The third kappa shape index (κ3) is 4.04. The normalized spacial score (nSPS) is 10.7. The van der Waals surface area contributed by atoms with Crippen molar-refractivity contribution in [2.24, 2.45) is 0 Å². The SMILES string of the molecule is COc1ccc(F)cc1-n1nnnc1-c1cc(-c2ccc(NC(C)=O)cc2)cnc1N. The van der Waals surface area contributed by atoms with Gasteiger partial charge in [-0.1, -0.05) is 12.1 Å². The molecular formula is C21H18FN7O2. The summed E-state index contributed by atoms with van der Waals surface area (Å²) in [5, 5.41) is 14.5. The molecule has 4 rings (SSSR count). The number of amides is 1. The predicted octanol–water partition coefficient (Wildman–Crippen LogP) is 3.08. The van der Waals surface area contributed by atoms with Crippen molar-refractivity contribution < 1.29 is 13.9 Å². The van der Waals surface area contributed by atoms with E-state index in [2.05, 4.69) is 25.8 Å². The van der Waals surface area contributed by atoms with Crippen LogP contribution in [0.15, 0.2) is 54.7 Å². The van der Waals surface area contributed by atoms with Crippen LogP contribution in [-0.2, 0) is 4.79 Å². The van der Waals surface area contributed by atoms with Gasteiger partial charge in [0.05, 0.1) is 12.7 Å². The molecule has 1 amide bonds. The molecule has 2 heterocycles. The second kappa shape index (κ2) is 8.19. The van der Waals surface area contributed by atoms with Crippen molar-refractivity contribution in [3.63, 3.8) is 0 Å². The molecule has 0 aliphatic heterocycles. The van der Waals surface area contributed by atoms with E-state index in [4.69, 9.17) is 10.5 Å². The van der Waals surface area contributed by atoms with Gasteiger partial charge >= 0.3 is 0 Å². The second-order valence-electron chi connectivity index (χ2n) is 6.65. The van der Waals surface area contributed by atoms with Crippen molar-refractivity contribution >= 4 is 17.4 Å². The van der Waals surface area contributed by atoms with Gasteiger partial charge in [-0.25, -0.2) is 9.37 Å². The molecule has 3 N–H and O–H groups in total. The Morgan fingerprint density at radius 1 is 1.13 bits per heavy atom. The van der Waals surface area contributed by atoms with E-state index in [1.807, 2.05) is 12.1 Å². The summed E-state index contributed by atoms with van der Waals surface area (Å²) in [5.74, 6) is 0.280. The average molecular weight is 419 g/mol. The van der Waals surface area contributed by atoms with Gasteiger partial charge in [0, 0.05) is 30.4 Å². The van der Waals surface area contributed by atoms with Gasteiger partial charge in [0.1, 0.15) is 23.1 Å². The number of pyridine rings is 1. The molecule has 0 bridgehead atoms. The number of ether oxygens (including phenoxy) is 1. The molecule has 2 aromatic heterocycles. The van der Waals surface area contributed by atoms with Crippen molar-refractivity contribution in [3.8, 4) is 34.0 Å². The zero-order valence-corrected chi connectivity index (χ0v) is 16.7. The number of rotatable bonds is 5. The molecule has 0 saturated heterocycles. The largest absolute Gasteiger partial charge is 0.494 e. The van der Waals surface area contributed by atoms with Gasteiger partial charge in [-0.05, 0) is 46.3 Å². The molecule has 9 nitrogen and oxygen atoms in total. The quantitative estimate of drug-likeness (QED) is 0.510. The number of anilines is 2. The molecular weight excluding hydrogens is 401 g/mol. The fraction of sp³-hybridized carbons (Fsp3) is 0.0952. The Bertz CT molecular complexity index is 1260. The number of benzene rings is 2. The summed E-state index contributed by atoms with van der Waals surface area (Å²) in [5.41, 5.74) is 9.21. The number of nitrogen functional groups attached to an aromatic ring is 1. The van der Waals surface area contributed by atoms with Crippen LogP contribution in [0.25, 0.3) is 28.2 Å². The first-order chi connectivity index (χ1) is 15.0. The van der Waals surface area contributed by atoms with Gasteiger partial charge in [0.2, 0.25) is 5.91 Å². The number of tetrazole rings is 1. The van der Waals surface area contributed by atoms with Crippen molar-refractivity contribution in [2.45, 2.75) is 6.92 Å². The summed E-state index contributed by atoms with van der Waals surface area (Å²) in [6, 6.07) is 13.1. The van der Waals surface area contributed by atoms with Gasteiger partial charge in [-0.3, -0.25) is 4.79 Å². The highest BCUT2D eigenvalue weighted by atomic mass is 19.1. The van der Waals surface area contributed by atoms with E-state index < -0.39 is 5.82 Å². The molecule has 0 saturated carbocycles. The van der Waals surface area contributed by atoms with Crippen LogP contribution >= 0.6 is 0 Å². The van der Waals surface area contributed by atoms with Crippen LogP contribution in [0, 0.1) is 5.82 Å². The van der Waals surface area contributed by atoms with E-state index in [0.717, 1.165) is 11.1 Å². The molecule has 10 heteroatoms. The molecule has 156 valence electrons. The zero-order chi connectivity index (χ0) is 22.0. The first kappa shape index (κ1) is 20.0. The number of carbonyl (C=O) groups excluding carboxylic acids is 1. The number of nitrogens with one attached hydrogen (secondary N) is 1. The van der Waals surface area contributed by atoms with Crippen molar-refractivity contribution in [2.75, 3.05) is 18.2 Å². The van der Waals surface area contributed by atoms with Crippen LogP contribution in [0.5, 0.6) is 5.75 Å². The summed E-state index contributed by atoms with van der Waals surface area (Å²) < 4.78 is 20.5. The summed E-state index contributed by atoms with van der Waals surface area (Å²) in [7, 11) is 1.47. The second-order valence-corrected chi connectivity index (χ2v) is 6.65. The highest BCUT2D eigenvalue weighted by Gasteiger charge is 2.19. The number of nitrogens with zero attached hydrogens (tertiary/aromatic N) is 5. The maximum atomic E-state index is 13.9. The first-order valence-electron chi connectivity index (χ1n) is 9.22. The van der Waals surface area contributed by atoms with E-state index in [1.54, 1.807) is 24.4 Å². The smallest absolute Gasteiger partial charge is 0.221 e. The van der Waals surface area contributed by atoms with Crippen molar-refractivity contribution in [1.82, 2.24) is 25.2 Å². The molecule has 31 heavy (non-hydrogen) atoms. The number of hydrogen-bond donors (Lipinski definition) is 2. The molecule has 0 fully saturated rings. The molecule has 0 atom stereocenters. The fourth-order valence-electron chi connectivity index (χ4n) is 3.11. The minimum Gasteiger partial charge on any atom is -0.494 e. The van der Waals surface area contributed by atoms with E-state index in [1.165, 1.54) is 36.9 Å². The van der Waals surface area contributed by atoms with E-state index in [-0.39, 0.29) is 17.5 Å². The Kier molecular flexibility index (Phi) is 5.27. The minimum atomic E-state index is -0.462. The lowest BCUT2D eigenvalue weighted by Crippen LogP contribution is -2.05. The monoisotopic (exact) mass is 419 g/mol. The third-order valence-electron chi connectivity index (χ3n) is 4.54. The van der Waals surface area contributed by atoms with Crippen LogP contribution in [0.3, 0.4) is 0 Å². The van der Waals surface area contributed by atoms with Gasteiger partial charge in [0.15, 0.2) is 5.82 Å². The van der Waals surface area contributed by atoms with Crippen LogP contribution in [0.2, 0.25) is 0 Å². The van der Waals surface area contributed by atoms with Gasteiger partial charge < -0.3 is 15.8 Å². The molecule has 4 aromatic rings. The van der Waals surface area contributed by atoms with Crippen LogP contribution in [0.1, 0.15) is 6.92 Å². The lowest BCUT2D eigenvalue weighted by molar-refractivity contribution is -0.114. The van der Waals surface area contributed by atoms with E-state index in [0.29, 0.717) is 22.7 Å². The minimum absolute atomic E-state index is 0.149. The molecule has 0 aliphatic rings. The van der Waals surface area contributed by atoms with Crippen molar-refractivity contribution in [1.29, 1.82) is 0 Å². The lowest BCUT2D eigenvalue weighted by atomic mass is 10.0. The number of aromatic nitrogens is 5. The molecule has 0 unspecified atom stereocenters. The number of hydrogen-bond acceptors (Lipinski definition) is 7. The number of carbonyl (C=O) groups is 1. The maximum Gasteiger partial charge on any atom is 0.221 e. The molecule has 2 aromatic carbocycles. The van der Waals surface area contributed by atoms with Gasteiger partial charge in [-0.2, -0.15) is 4.68 Å². The van der Waals surface area contributed by atoms with Crippen LogP contribution < -0.4 is 15.8 Å². The van der Waals surface area contributed by atoms with Gasteiger partial charge in [-0.15, -0.1) is 5.10 Å². The Hall–Kier alpha value is -4.34. The molecule has 0 aliphatic carbocycles. The highest BCUT2D eigenvalue weighted by Crippen LogP contribution is 2.32. The van der Waals surface area contributed by atoms with Crippen LogP contribution in [0.4, 0.5) is 15.9 Å². The number of nitrogens with two attached hydrogens (primary N) is 1. The Balaban J connectivity index is 1.77. The summed E-state index contributed by atoms with van der Waals surface area (Å²) in [6.45, 7) is 1.45. The van der Waals surface area contributed by atoms with E-state index >= 15 is 0 Å². The van der Waals surface area contributed by atoms with Gasteiger partial charge in [0.25, 0.3) is 0 Å². The lowest BCUT2D eigenvalue weighted by Gasteiger charge is -2.12. The standard InChI is InChI=1S/C21H18FN7O2/c1-12(30)25-16-6-3-13(4-7-16)14-9-17(20(23)24-11-14)21-26-27-28-29(21)18-10-15(22)5-8-19(18)31-2/h3-11H,1-2H3,(H2,23,24)(H,25,30). The highest BCUT2D eigenvalue weighted by molar-refractivity contribution is 5.89. The third-order valence-corrected chi connectivity index (χ3v) is 4.54. The Morgan fingerprint density at radius 3 is 2.61 bits per heavy atom. The van der Waals surface area contributed by atoms with Crippen LogP contribution in [-0.4, -0.2) is 38.2 Å². The Morgan fingerprint density at radius 2 is 1.90 bits per heavy atom.